The molecule has 182 valence electrons. The molecule has 0 spiro atoms. The van der Waals surface area contributed by atoms with Crippen LogP contribution < -0.4 is 4.72 Å². The second-order valence-corrected chi connectivity index (χ2v) is 10.3. The molecule has 0 bridgehead atoms. The third-order valence-electron chi connectivity index (χ3n) is 6.19. The molecular weight excluding hydrogens is 460 g/mol. The maximum atomic E-state index is 13.0. The lowest BCUT2D eigenvalue weighted by atomic mass is 10.1. The quantitative estimate of drug-likeness (QED) is 0.389. The number of carbonyl (C=O) groups excluding carboxylic acids is 1. The molecule has 0 aliphatic rings. The Balaban J connectivity index is 1.63. The molecule has 4 aromatic rings. The van der Waals surface area contributed by atoms with Crippen molar-refractivity contribution in [3.05, 3.63) is 77.4 Å². The minimum absolute atomic E-state index is 0.00675. The van der Waals surface area contributed by atoms with Crippen LogP contribution in [0.15, 0.2) is 65.6 Å². The Labute approximate surface area is 206 Å². The number of sulfonamides is 1. The highest BCUT2D eigenvalue weighted by Gasteiger charge is 2.19. The van der Waals surface area contributed by atoms with Gasteiger partial charge in [-0.05, 0) is 69.7 Å². The maximum absolute atomic E-state index is 13.0. The first kappa shape index (κ1) is 24.5. The second kappa shape index (κ2) is 9.54. The van der Waals surface area contributed by atoms with Crippen LogP contribution in [0.25, 0.3) is 22.4 Å². The lowest BCUT2D eigenvalue weighted by Gasteiger charge is -2.18. The van der Waals surface area contributed by atoms with E-state index < -0.39 is 10.0 Å². The van der Waals surface area contributed by atoms with Crippen LogP contribution in [0.1, 0.15) is 35.3 Å². The van der Waals surface area contributed by atoms with Gasteiger partial charge in [-0.15, -0.1) is 0 Å². The van der Waals surface area contributed by atoms with Gasteiger partial charge in [-0.3, -0.25) is 9.52 Å². The largest absolute Gasteiger partial charge is 0.339 e. The van der Waals surface area contributed by atoms with Crippen molar-refractivity contribution in [2.75, 3.05) is 17.8 Å². The van der Waals surface area contributed by atoms with Crippen LogP contribution in [-0.2, 0) is 17.1 Å². The number of aromatic nitrogens is 2. The highest BCUT2D eigenvalue weighted by atomic mass is 32.2. The monoisotopic (exact) mass is 490 g/mol. The van der Waals surface area contributed by atoms with Crippen molar-refractivity contribution in [3.8, 4) is 11.4 Å². The molecule has 0 radical (unpaired) electrons. The number of anilines is 1. The molecule has 35 heavy (non-hydrogen) atoms. The minimum Gasteiger partial charge on any atom is -0.339 e. The summed E-state index contributed by atoms with van der Waals surface area (Å²) in [7, 11) is -1.81. The SMILES string of the molecule is CCN(CC)C(=O)c1ccc(-c2nc3cc(NS(=O)(=O)c4ccc(C)cc4C)ccc3n2C)cc1. The van der Waals surface area contributed by atoms with E-state index in [4.69, 9.17) is 4.98 Å². The fourth-order valence-electron chi connectivity index (χ4n) is 4.29. The molecule has 0 aliphatic carbocycles. The van der Waals surface area contributed by atoms with Crippen molar-refractivity contribution < 1.29 is 13.2 Å². The summed E-state index contributed by atoms with van der Waals surface area (Å²) >= 11 is 0. The van der Waals surface area contributed by atoms with Crippen LogP contribution in [0.5, 0.6) is 0 Å². The zero-order chi connectivity index (χ0) is 25.3. The Morgan fingerprint density at radius 2 is 1.66 bits per heavy atom. The number of hydrogen-bond acceptors (Lipinski definition) is 4. The zero-order valence-electron chi connectivity index (χ0n) is 20.7. The van der Waals surface area contributed by atoms with E-state index in [0.717, 1.165) is 22.5 Å². The van der Waals surface area contributed by atoms with Crippen LogP contribution in [0.3, 0.4) is 0 Å². The van der Waals surface area contributed by atoms with Crippen LogP contribution in [0.4, 0.5) is 5.69 Å². The topological polar surface area (TPSA) is 84.3 Å². The van der Waals surface area contributed by atoms with Gasteiger partial charge in [-0.2, -0.15) is 0 Å². The smallest absolute Gasteiger partial charge is 0.262 e. The van der Waals surface area contributed by atoms with E-state index in [9.17, 15) is 13.2 Å². The van der Waals surface area contributed by atoms with Gasteiger partial charge in [0, 0.05) is 31.3 Å². The Morgan fingerprint density at radius 3 is 2.29 bits per heavy atom. The Kier molecular flexibility index (Phi) is 6.67. The van der Waals surface area contributed by atoms with Gasteiger partial charge in [0.1, 0.15) is 5.82 Å². The predicted octanol–water partition coefficient (Wildman–Crippen LogP) is 5.14. The average molecular weight is 491 g/mol. The van der Waals surface area contributed by atoms with E-state index in [2.05, 4.69) is 4.72 Å². The fourth-order valence-corrected chi connectivity index (χ4v) is 5.56. The number of amides is 1. The summed E-state index contributed by atoms with van der Waals surface area (Å²) in [6.07, 6.45) is 0. The summed E-state index contributed by atoms with van der Waals surface area (Å²) in [4.78, 5) is 19.4. The summed E-state index contributed by atoms with van der Waals surface area (Å²) in [5.41, 5.74) is 5.21. The van der Waals surface area contributed by atoms with E-state index in [0.29, 0.717) is 35.4 Å². The summed E-state index contributed by atoms with van der Waals surface area (Å²) in [5.74, 6) is 0.739. The summed E-state index contributed by atoms with van der Waals surface area (Å²) in [6.45, 7) is 8.97. The lowest BCUT2D eigenvalue weighted by Crippen LogP contribution is -2.30. The van der Waals surface area contributed by atoms with Gasteiger partial charge in [0.25, 0.3) is 15.9 Å². The van der Waals surface area contributed by atoms with Crippen molar-refractivity contribution in [1.29, 1.82) is 0 Å². The van der Waals surface area contributed by atoms with Crippen molar-refractivity contribution in [2.24, 2.45) is 7.05 Å². The third kappa shape index (κ3) is 4.79. The van der Waals surface area contributed by atoms with E-state index in [1.54, 1.807) is 36.1 Å². The number of nitrogens with one attached hydrogen (secondary N) is 1. The number of hydrogen-bond donors (Lipinski definition) is 1. The molecule has 0 saturated heterocycles. The number of nitrogens with zero attached hydrogens (tertiary/aromatic N) is 3. The summed E-state index contributed by atoms with van der Waals surface area (Å²) in [5, 5.41) is 0. The number of imidazole rings is 1. The number of rotatable bonds is 7. The number of carbonyl (C=O) groups is 1. The second-order valence-electron chi connectivity index (χ2n) is 8.63. The molecule has 0 fully saturated rings. The van der Waals surface area contributed by atoms with Crippen molar-refractivity contribution in [1.82, 2.24) is 14.5 Å². The summed E-state index contributed by atoms with van der Waals surface area (Å²) in [6, 6.07) is 18.0. The molecule has 0 atom stereocenters. The van der Waals surface area contributed by atoms with E-state index in [1.807, 2.05) is 68.8 Å². The molecule has 1 heterocycles. The molecule has 7 nitrogen and oxygen atoms in total. The molecule has 1 N–H and O–H groups in total. The molecule has 1 amide bonds. The Hall–Kier alpha value is -3.65. The first-order valence-electron chi connectivity index (χ1n) is 11.6. The first-order valence-corrected chi connectivity index (χ1v) is 13.1. The fraction of sp³-hybridized carbons (Fsp3) is 0.259. The molecule has 0 unspecified atom stereocenters. The van der Waals surface area contributed by atoms with E-state index >= 15 is 0 Å². The number of benzene rings is 3. The standard InChI is InChI=1S/C27H30N4O3S/c1-6-31(7-2)27(32)21-11-9-20(10-12-21)26-28-23-17-22(13-14-24(23)30(26)5)29-35(33,34)25-15-8-18(3)16-19(25)4/h8-17,29H,6-7H2,1-5H3. The van der Waals surface area contributed by atoms with Crippen molar-refractivity contribution in [2.45, 2.75) is 32.6 Å². The van der Waals surface area contributed by atoms with Gasteiger partial charge in [0.15, 0.2) is 0 Å². The van der Waals surface area contributed by atoms with Crippen LogP contribution in [0, 0.1) is 13.8 Å². The predicted molar refractivity (Wildman–Crippen MR) is 140 cm³/mol. The van der Waals surface area contributed by atoms with Crippen LogP contribution in [0.2, 0.25) is 0 Å². The number of aryl methyl sites for hydroxylation is 3. The van der Waals surface area contributed by atoms with Gasteiger partial charge < -0.3 is 9.47 Å². The normalized spacial score (nSPS) is 11.6. The first-order chi connectivity index (χ1) is 16.6. The molecular formula is C27H30N4O3S. The average Bonchev–Trinajstić information content (AvgIpc) is 3.15. The Morgan fingerprint density at radius 1 is 0.971 bits per heavy atom. The lowest BCUT2D eigenvalue weighted by molar-refractivity contribution is 0.0773. The van der Waals surface area contributed by atoms with Crippen molar-refractivity contribution >= 4 is 32.7 Å². The Bertz CT molecular complexity index is 1500. The van der Waals surface area contributed by atoms with E-state index in [1.165, 1.54) is 0 Å². The van der Waals surface area contributed by atoms with Gasteiger partial charge in [0.05, 0.1) is 21.6 Å². The molecule has 3 aromatic carbocycles. The molecule has 0 aliphatic heterocycles. The van der Waals surface area contributed by atoms with Crippen molar-refractivity contribution in [3.63, 3.8) is 0 Å². The van der Waals surface area contributed by atoms with Gasteiger partial charge in [-0.25, -0.2) is 13.4 Å². The summed E-state index contributed by atoms with van der Waals surface area (Å²) < 4.78 is 30.6. The zero-order valence-corrected chi connectivity index (χ0v) is 21.5. The van der Waals surface area contributed by atoms with Crippen LogP contribution in [-0.4, -0.2) is 41.9 Å². The number of fused-ring (bicyclic) bond motifs is 1. The maximum Gasteiger partial charge on any atom is 0.262 e. The van der Waals surface area contributed by atoms with Gasteiger partial charge in [0.2, 0.25) is 0 Å². The van der Waals surface area contributed by atoms with E-state index in [-0.39, 0.29) is 10.8 Å². The molecule has 0 saturated carbocycles. The highest BCUT2D eigenvalue weighted by Crippen LogP contribution is 2.28. The molecule has 4 rings (SSSR count). The van der Waals surface area contributed by atoms with Gasteiger partial charge in [-0.1, -0.05) is 29.8 Å². The third-order valence-corrected chi connectivity index (χ3v) is 7.74. The van der Waals surface area contributed by atoms with Gasteiger partial charge >= 0.3 is 0 Å². The highest BCUT2D eigenvalue weighted by molar-refractivity contribution is 7.92. The minimum atomic E-state index is -3.73. The molecule has 1 aromatic heterocycles. The molecule has 8 heteroatoms. The van der Waals surface area contributed by atoms with Crippen LogP contribution >= 0.6 is 0 Å².